The SMILES string of the molecule is C#CCOCCC=C. The molecular weight excluding hydrogens is 100 g/mol. The Labute approximate surface area is 50.4 Å². The molecule has 0 aliphatic rings. The molecule has 0 heterocycles. The van der Waals surface area contributed by atoms with E-state index in [1.165, 1.54) is 0 Å². The molecule has 0 aromatic heterocycles. The minimum Gasteiger partial charge on any atom is -0.368 e. The van der Waals surface area contributed by atoms with Crippen LogP contribution in [0.3, 0.4) is 0 Å². The Bertz CT molecular complexity index is 89.1. The summed E-state index contributed by atoms with van der Waals surface area (Å²) in [4.78, 5) is 0. The highest BCUT2D eigenvalue weighted by Gasteiger charge is 1.77. The molecule has 0 aromatic rings. The summed E-state index contributed by atoms with van der Waals surface area (Å²) in [6.45, 7) is 4.63. The highest BCUT2D eigenvalue weighted by atomic mass is 16.5. The van der Waals surface area contributed by atoms with Crippen LogP contribution in [0.2, 0.25) is 0 Å². The maximum absolute atomic E-state index is 4.92. The second kappa shape index (κ2) is 6.26. The second-order valence-corrected chi connectivity index (χ2v) is 1.33. The van der Waals surface area contributed by atoms with Crippen LogP contribution in [0.4, 0.5) is 0 Å². The van der Waals surface area contributed by atoms with Crippen molar-refractivity contribution in [2.24, 2.45) is 0 Å². The molecule has 0 fully saturated rings. The lowest BCUT2D eigenvalue weighted by Crippen LogP contribution is -1.91. The molecule has 0 amide bonds. The summed E-state index contributed by atoms with van der Waals surface area (Å²) in [6.07, 6.45) is 7.59. The van der Waals surface area contributed by atoms with Gasteiger partial charge in [0.2, 0.25) is 0 Å². The molecule has 0 unspecified atom stereocenters. The summed E-state index contributed by atoms with van der Waals surface area (Å²) in [5, 5.41) is 0. The molecule has 8 heavy (non-hydrogen) atoms. The fraction of sp³-hybridized carbons (Fsp3) is 0.429. The molecule has 0 aliphatic carbocycles. The van der Waals surface area contributed by atoms with Crippen LogP contribution in [-0.4, -0.2) is 13.2 Å². The van der Waals surface area contributed by atoms with Crippen LogP contribution in [0.25, 0.3) is 0 Å². The van der Waals surface area contributed by atoms with Crippen molar-refractivity contribution in [2.45, 2.75) is 6.42 Å². The van der Waals surface area contributed by atoms with Crippen molar-refractivity contribution < 1.29 is 4.74 Å². The van der Waals surface area contributed by atoms with E-state index in [1.807, 2.05) is 0 Å². The molecule has 1 nitrogen and oxygen atoms in total. The monoisotopic (exact) mass is 110 g/mol. The maximum Gasteiger partial charge on any atom is 0.107 e. The van der Waals surface area contributed by atoms with Gasteiger partial charge in [-0.1, -0.05) is 12.0 Å². The van der Waals surface area contributed by atoms with Gasteiger partial charge in [-0.05, 0) is 6.42 Å². The van der Waals surface area contributed by atoms with E-state index >= 15 is 0 Å². The van der Waals surface area contributed by atoms with E-state index < -0.39 is 0 Å². The minimum absolute atomic E-state index is 0.411. The van der Waals surface area contributed by atoms with Crippen LogP contribution in [0, 0.1) is 12.3 Å². The first-order valence-corrected chi connectivity index (χ1v) is 2.54. The Morgan fingerprint density at radius 2 is 2.50 bits per heavy atom. The van der Waals surface area contributed by atoms with Crippen molar-refractivity contribution in [3.8, 4) is 12.3 Å². The van der Waals surface area contributed by atoms with E-state index in [9.17, 15) is 0 Å². The molecule has 0 aliphatic heterocycles. The lowest BCUT2D eigenvalue weighted by molar-refractivity contribution is 0.172. The number of ether oxygens (including phenoxy) is 1. The summed E-state index contributed by atoms with van der Waals surface area (Å²) in [7, 11) is 0. The van der Waals surface area contributed by atoms with E-state index in [0.717, 1.165) is 6.42 Å². The smallest absolute Gasteiger partial charge is 0.107 e. The van der Waals surface area contributed by atoms with Crippen molar-refractivity contribution >= 4 is 0 Å². The van der Waals surface area contributed by atoms with E-state index in [4.69, 9.17) is 11.2 Å². The third kappa shape index (κ3) is 5.26. The Morgan fingerprint density at radius 1 is 1.75 bits per heavy atom. The molecule has 0 N–H and O–H groups in total. The Hall–Kier alpha value is -0.740. The first kappa shape index (κ1) is 7.26. The van der Waals surface area contributed by atoms with Crippen LogP contribution in [0.1, 0.15) is 6.42 Å². The number of hydrogen-bond donors (Lipinski definition) is 0. The average Bonchev–Trinajstić information content (AvgIpc) is 1.81. The molecule has 44 valence electrons. The zero-order valence-corrected chi connectivity index (χ0v) is 4.89. The summed E-state index contributed by atoms with van der Waals surface area (Å²) in [6, 6.07) is 0. The quantitative estimate of drug-likeness (QED) is 0.300. The first-order valence-electron chi connectivity index (χ1n) is 2.54. The van der Waals surface area contributed by atoms with Crippen molar-refractivity contribution in [1.82, 2.24) is 0 Å². The highest BCUT2D eigenvalue weighted by molar-refractivity contribution is 4.82. The Kier molecular flexibility index (Phi) is 5.68. The normalized spacial score (nSPS) is 7.88. The highest BCUT2D eigenvalue weighted by Crippen LogP contribution is 1.80. The fourth-order valence-corrected chi connectivity index (χ4v) is 0.298. The van der Waals surface area contributed by atoms with E-state index in [1.54, 1.807) is 6.08 Å². The molecule has 1 heteroatoms. The predicted molar refractivity (Wildman–Crippen MR) is 34.5 cm³/mol. The molecule has 0 atom stereocenters. The van der Waals surface area contributed by atoms with Crippen LogP contribution in [0.15, 0.2) is 12.7 Å². The van der Waals surface area contributed by atoms with Gasteiger partial charge in [-0.25, -0.2) is 0 Å². The standard InChI is InChI=1S/C7H10O/c1-3-5-7-8-6-4-2/h2-3H,1,5-7H2. The number of rotatable bonds is 4. The lowest BCUT2D eigenvalue weighted by Gasteiger charge is -1.92. The lowest BCUT2D eigenvalue weighted by atomic mass is 10.5. The Morgan fingerprint density at radius 3 is 3.00 bits per heavy atom. The van der Waals surface area contributed by atoms with Crippen molar-refractivity contribution in [3.05, 3.63) is 12.7 Å². The van der Waals surface area contributed by atoms with Gasteiger partial charge in [0.15, 0.2) is 0 Å². The van der Waals surface area contributed by atoms with Crippen molar-refractivity contribution in [1.29, 1.82) is 0 Å². The van der Waals surface area contributed by atoms with E-state index in [-0.39, 0.29) is 0 Å². The van der Waals surface area contributed by atoms with E-state index in [2.05, 4.69) is 12.5 Å². The second-order valence-electron chi connectivity index (χ2n) is 1.33. The molecule has 0 radical (unpaired) electrons. The molecule has 0 rings (SSSR count). The van der Waals surface area contributed by atoms with Gasteiger partial charge in [0.1, 0.15) is 6.61 Å². The van der Waals surface area contributed by atoms with Crippen LogP contribution >= 0.6 is 0 Å². The zero-order chi connectivity index (χ0) is 6.24. The number of hydrogen-bond acceptors (Lipinski definition) is 1. The van der Waals surface area contributed by atoms with Gasteiger partial charge in [-0.15, -0.1) is 13.0 Å². The molecule has 0 saturated heterocycles. The zero-order valence-electron chi connectivity index (χ0n) is 4.89. The summed E-state index contributed by atoms with van der Waals surface area (Å²) < 4.78 is 4.92. The maximum atomic E-state index is 4.92. The molecule has 0 bridgehead atoms. The third-order valence-corrected chi connectivity index (χ3v) is 0.652. The van der Waals surface area contributed by atoms with Gasteiger partial charge in [-0.3, -0.25) is 0 Å². The number of terminal acetylenes is 1. The minimum atomic E-state index is 0.411. The van der Waals surface area contributed by atoms with Gasteiger partial charge in [-0.2, -0.15) is 0 Å². The summed E-state index contributed by atoms with van der Waals surface area (Å²) in [5.41, 5.74) is 0. The van der Waals surface area contributed by atoms with Gasteiger partial charge in [0, 0.05) is 0 Å². The molecule has 0 spiro atoms. The van der Waals surface area contributed by atoms with Crippen LogP contribution in [-0.2, 0) is 4.74 Å². The van der Waals surface area contributed by atoms with Gasteiger partial charge in [0.25, 0.3) is 0 Å². The fourth-order valence-electron chi connectivity index (χ4n) is 0.298. The van der Waals surface area contributed by atoms with Gasteiger partial charge in [0.05, 0.1) is 6.61 Å². The summed E-state index contributed by atoms with van der Waals surface area (Å²) in [5.74, 6) is 2.37. The van der Waals surface area contributed by atoms with Crippen molar-refractivity contribution in [2.75, 3.05) is 13.2 Å². The average molecular weight is 110 g/mol. The van der Waals surface area contributed by atoms with Crippen molar-refractivity contribution in [3.63, 3.8) is 0 Å². The van der Waals surface area contributed by atoms with E-state index in [0.29, 0.717) is 13.2 Å². The topological polar surface area (TPSA) is 9.23 Å². The first-order chi connectivity index (χ1) is 3.91. The summed E-state index contributed by atoms with van der Waals surface area (Å²) >= 11 is 0. The molecule has 0 saturated carbocycles. The largest absolute Gasteiger partial charge is 0.368 e. The third-order valence-electron chi connectivity index (χ3n) is 0.652. The predicted octanol–water partition coefficient (Wildman–Crippen LogP) is 1.21. The van der Waals surface area contributed by atoms with Gasteiger partial charge >= 0.3 is 0 Å². The van der Waals surface area contributed by atoms with Crippen LogP contribution < -0.4 is 0 Å². The van der Waals surface area contributed by atoms with Crippen LogP contribution in [0.5, 0.6) is 0 Å². The van der Waals surface area contributed by atoms with Gasteiger partial charge < -0.3 is 4.74 Å². The molecule has 0 aromatic carbocycles. The Balaban J connectivity index is 2.74. The molecular formula is C7H10O.